The third kappa shape index (κ3) is 4.61. The van der Waals surface area contributed by atoms with Crippen molar-refractivity contribution in [1.82, 2.24) is 14.1 Å². The maximum Gasteiger partial charge on any atom is 0.236 e. The summed E-state index contributed by atoms with van der Waals surface area (Å²) in [4.78, 5) is 13.6. The lowest BCUT2D eigenvalue weighted by Gasteiger charge is -2.40. The molecule has 0 saturated carbocycles. The summed E-state index contributed by atoms with van der Waals surface area (Å²) in [7, 11) is -3.28. The number of benzene rings is 2. The van der Waals surface area contributed by atoms with Crippen LogP contribution in [0.5, 0.6) is 0 Å². The first-order valence-corrected chi connectivity index (χ1v) is 12.5. The van der Waals surface area contributed by atoms with Crippen LogP contribution in [0.3, 0.4) is 0 Å². The van der Waals surface area contributed by atoms with Gasteiger partial charge in [0.15, 0.2) is 5.82 Å². The number of nitrogens with zero attached hydrogens (tertiary/aromatic N) is 3. The van der Waals surface area contributed by atoms with Crippen molar-refractivity contribution in [2.24, 2.45) is 0 Å². The minimum absolute atomic E-state index is 0.0659. The molecule has 1 saturated heterocycles. The third-order valence-electron chi connectivity index (χ3n) is 6.16. The zero-order valence-electron chi connectivity index (χ0n) is 18.1. The van der Waals surface area contributed by atoms with Crippen molar-refractivity contribution < 1.29 is 13.2 Å². The lowest BCUT2D eigenvalue weighted by atomic mass is 9.72. The lowest BCUT2D eigenvalue weighted by Crippen LogP contribution is -2.51. The largest absolute Gasteiger partial charge is 0.308 e. The Morgan fingerprint density at radius 2 is 1.62 bits per heavy atom. The molecule has 1 aliphatic heterocycles. The number of carbonyl (C=O) groups is 1. The highest BCUT2D eigenvalue weighted by molar-refractivity contribution is 7.89. The normalized spacial score (nSPS) is 16.5. The zero-order valence-corrected chi connectivity index (χ0v) is 19.0. The highest BCUT2D eigenvalue weighted by atomic mass is 32.2. The maximum absolute atomic E-state index is 13.6. The van der Waals surface area contributed by atoms with Crippen molar-refractivity contribution in [2.45, 2.75) is 31.7 Å². The van der Waals surface area contributed by atoms with Crippen LogP contribution in [-0.2, 0) is 26.8 Å². The van der Waals surface area contributed by atoms with Crippen molar-refractivity contribution in [3.63, 3.8) is 0 Å². The predicted molar refractivity (Wildman–Crippen MR) is 125 cm³/mol. The number of rotatable bonds is 7. The summed E-state index contributed by atoms with van der Waals surface area (Å²) in [6.07, 6.45) is 2.69. The number of amides is 1. The van der Waals surface area contributed by atoms with Crippen LogP contribution in [0.25, 0.3) is 0 Å². The average Bonchev–Trinajstić information content (AvgIpc) is 3.26. The van der Waals surface area contributed by atoms with Gasteiger partial charge in [-0.3, -0.25) is 9.48 Å². The van der Waals surface area contributed by atoms with Gasteiger partial charge in [0.25, 0.3) is 0 Å². The van der Waals surface area contributed by atoms with Gasteiger partial charge >= 0.3 is 0 Å². The van der Waals surface area contributed by atoms with Crippen LogP contribution in [0, 0.1) is 0 Å². The SMILES string of the molecule is CCS(=O)(=O)N1CCC(C(=O)Nc2ccn(Cc3ccccc3)n2)(c2ccccc2)CC1. The molecule has 0 bridgehead atoms. The molecule has 1 fully saturated rings. The summed E-state index contributed by atoms with van der Waals surface area (Å²) in [5.74, 6) is 0.406. The van der Waals surface area contributed by atoms with Gasteiger partial charge in [-0.2, -0.15) is 5.10 Å². The molecule has 3 aromatic rings. The van der Waals surface area contributed by atoms with E-state index in [1.54, 1.807) is 17.7 Å². The highest BCUT2D eigenvalue weighted by Gasteiger charge is 2.44. The number of aromatic nitrogens is 2. The van der Waals surface area contributed by atoms with Crippen molar-refractivity contribution in [3.8, 4) is 0 Å². The van der Waals surface area contributed by atoms with E-state index in [-0.39, 0.29) is 11.7 Å². The van der Waals surface area contributed by atoms with Crippen LogP contribution in [0.2, 0.25) is 0 Å². The molecule has 4 rings (SSSR count). The number of anilines is 1. The van der Waals surface area contributed by atoms with Gasteiger partial charge in [0, 0.05) is 25.4 Å². The highest BCUT2D eigenvalue weighted by Crippen LogP contribution is 2.37. The minimum Gasteiger partial charge on any atom is -0.308 e. The summed E-state index contributed by atoms with van der Waals surface area (Å²) in [5.41, 5.74) is 1.22. The summed E-state index contributed by atoms with van der Waals surface area (Å²) in [6, 6.07) is 21.4. The second-order valence-corrected chi connectivity index (χ2v) is 10.3. The third-order valence-corrected chi connectivity index (χ3v) is 8.05. The molecular formula is C24H28N4O3S. The van der Waals surface area contributed by atoms with Crippen molar-refractivity contribution in [1.29, 1.82) is 0 Å². The molecule has 7 nitrogen and oxygen atoms in total. The van der Waals surface area contributed by atoms with E-state index in [9.17, 15) is 13.2 Å². The minimum atomic E-state index is -3.28. The number of piperidine rings is 1. The number of carbonyl (C=O) groups excluding carboxylic acids is 1. The van der Waals surface area contributed by atoms with E-state index in [0.29, 0.717) is 38.3 Å². The van der Waals surface area contributed by atoms with Crippen molar-refractivity contribution in [3.05, 3.63) is 84.1 Å². The van der Waals surface area contributed by atoms with Gasteiger partial charge in [0.05, 0.1) is 17.7 Å². The predicted octanol–water partition coefficient (Wildman–Crippen LogP) is 3.25. The van der Waals surface area contributed by atoms with Gasteiger partial charge in [-0.25, -0.2) is 12.7 Å². The molecule has 1 N–H and O–H groups in total. The molecule has 168 valence electrons. The summed E-state index contributed by atoms with van der Waals surface area (Å²) in [6.45, 7) is 2.90. The molecule has 8 heteroatoms. The molecule has 1 aromatic heterocycles. The van der Waals surface area contributed by atoms with Gasteiger partial charge in [0.1, 0.15) is 0 Å². The maximum atomic E-state index is 13.6. The Labute approximate surface area is 189 Å². The van der Waals surface area contributed by atoms with Crippen LogP contribution in [0.4, 0.5) is 5.82 Å². The van der Waals surface area contributed by atoms with Gasteiger partial charge in [-0.15, -0.1) is 0 Å². The van der Waals surface area contributed by atoms with E-state index in [4.69, 9.17) is 0 Å². The Balaban J connectivity index is 1.53. The molecule has 2 heterocycles. The first-order chi connectivity index (χ1) is 15.4. The molecule has 0 aliphatic carbocycles. The number of hydrogen-bond donors (Lipinski definition) is 1. The van der Waals surface area contributed by atoms with E-state index in [2.05, 4.69) is 10.4 Å². The Kier molecular flexibility index (Phi) is 6.43. The van der Waals surface area contributed by atoms with Gasteiger partial charge in [0.2, 0.25) is 15.9 Å². The molecule has 32 heavy (non-hydrogen) atoms. The van der Waals surface area contributed by atoms with Gasteiger partial charge in [-0.05, 0) is 30.9 Å². The monoisotopic (exact) mass is 452 g/mol. The molecule has 2 aromatic carbocycles. The molecule has 0 unspecified atom stereocenters. The molecule has 0 radical (unpaired) electrons. The van der Waals surface area contributed by atoms with Crippen LogP contribution < -0.4 is 5.32 Å². The molecular weight excluding hydrogens is 424 g/mol. The molecule has 1 amide bonds. The second kappa shape index (κ2) is 9.26. The van der Waals surface area contributed by atoms with Gasteiger partial charge < -0.3 is 5.32 Å². The molecule has 0 spiro atoms. The standard InChI is InChI=1S/C24H28N4O3S/c1-2-32(30,31)28-17-14-24(15-18-28,21-11-7-4-8-12-21)23(29)25-22-13-16-27(26-22)19-20-9-5-3-6-10-20/h3-13,16H,2,14-15,17-19H2,1H3,(H,25,26,29). The number of nitrogens with one attached hydrogen (secondary N) is 1. The Hall–Kier alpha value is -2.97. The summed E-state index contributed by atoms with van der Waals surface area (Å²) >= 11 is 0. The molecule has 0 atom stereocenters. The smallest absolute Gasteiger partial charge is 0.236 e. The fourth-order valence-corrected chi connectivity index (χ4v) is 5.36. The van der Waals surface area contributed by atoms with Crippen LogP contribution in [0.1, 0.15) is 30.9 Å². The van der Waals surface area contributed by atoms with E-state index < -0.39 is 15.4 Å². The molecule has 1 aliphatic rings. The fraction of sp³-hybridized carbons (Fsp3) is 0.333. The Morgan fingerprint density at radius 3 is 2.25 bits per heavy atom. The summed E-state index contributed by atoms with van der Waals surface area (Å²) < 4.78 is 27.9. The Bertz CT molecular complexity index is 1150. The topological polar surface area (TPSA) is 84.3 Å². The quantitative estimate of drug-likeness (QED) is 0.596. The van der Waals surface area contributed by atoms with Crippen molar-refractivity contribution >= 4 is 21.7 Å². The number of hydrogen-bond acceptors (Lipinski definition) is 4. The lowest BCUT2D eigenvalue weighted by molar-refractivity contribution is -0.123. The van der Waals surface area contributed by atoms with Gasteiger partial charge in [-0.1, -0.05) is 60.7 Å². The Morgan fingerprint density at radius 1 is 1.00 bits per heavy atom. The van der Waals surface area contributed by atoms with Crippen molar-refractivity contribution in [2.75, 3.05) is 24.2 Å². The zero-order chi connectivity index (χ0) is 22.6. The van der Waals surface area contributed by atoms with E-state index in [0.717, 1.165) is 11.1 Å². The van der Waals surface area contributed by atoms with E-state index >= 15 is 0 Å². The van der Waals surface area contributed by atoms with E-state index in [1.165, 1.54) is 4.31 Å². The second-order valence-electron chi connectivity index (χ2n) is 8.09. The summed E-state index contributed by atoms with van der Waals surface area (Å²) in [5, 5.41) is 7.50. The average molecular weight is 453 g/mol. The van der Waals surface area contributed by atoms with Crippen LogP contribution >= 0.6 is 0 Å². The van der Waals surface area contributed by atoms with E-state index in [1.807, 2.05) is 66.9 Å². The first kappa shape index (κ1) is 22.2. The number of sulfonamides is 1. The van der Waals surface area contributed by atoms with Crippen LogP contribution in [-0.4, -0.2) is 47.3 Å². The van der Waals surface area contributed by atoms with Crippen LogP contribution in [0.15, 0.2) is 72.9 Å². The first-order valence-electron chi connectivity index (χ1n) is 10.9. The fourth-order valence-electron chi connectivity index (χ4n) is 4.26.